The van der Waals surface area contributed by atoms with Gasteiger partial charge < -0.3 is 20.4 Å². The Balaban J connectivity index is 0.000000791. The molecular formula is C7H6MnO6. The number of phenolic OH excluding ortho intramolecular Hbond substituents is 3. The quantitative estimate of drug-likeness (QED) is 0.417. The minimum absolute atomic E-state index is 0.289. The average molecular weight is 241 g/mol. The van der Waals surface area contributed by atoms with Crippen molar-refractivity contribution in [2.45, 2.75) is 0 Å². The molecule has 0 saturated carbocycles. The molecule has 0 aliphatic carbocycles. The van der Waals surface area contributed by atoms with Gasteiger partial charge in [0, 0.05) is 0 Å². The van der Waals surface area contributed by atoms with Crippen LogP contribution in [0.15, 0.2) is 12.1 Å². The van der Waals surface area contributed by atoms with Gasteiger partial charge >= 0.3 is 25.7 Å². The second-order valence-corrected chi connectivity index (χ2v) is 2.17. The first-order valence-electron chi connectivity index (χ1n) is 3.16. The molecule has 6 nitrogen and oxygen atoms in total. The van der Waals surface area contributed by atoms with Crippen LogP contribution in [0, 0.1) is 0 Å². The van der Waals surface area contributed by atoms with Crippen LogP contribution in [0.4, 0.5) is 0 Å². The summed E-state index contributed by atoms with van der Waals surface area (Å²) in [6, 6.07) is 1.69. The SMILES string of the molecule is O=C(O)c1cc(O)c(O)c(O)c1.[O]=[Mn]. The first-order valence-corrected chi connectivity index (χ1v) is 3.64. The van der Waals surface area contributed by atoms with E-state index in [1.54, 1.807) is 15.9 Å². The summed E-state index contributed by atoms with van der Waals surface area (Å²) in [7, 11) is 0. The van der Waals surface area contributed by atoms with E-state index < -0.39 is 23.2 Å². The van der Waals surface area contributed by atoms with E-state index in [1.165, 1.54) is 0 Å². The molecule has 0 bridgehead atoms. The van der Waals surface area contributed by atoms with Crippen LogP contribution in [0.2, 0.25) is 0 Å². The molecule has 0 saturated heterocycles. The Bertz CT molecular complexity index is 327. The summed E-state index contributed by atoms with van der Waals surface area (Å²) in [6.45, 7) is 0. The maximum absolute atomic E-state index is 10.3. The van der Waals surface area contributed by atoms with Crippen molar-refractivity contribution < 1.29 is 45.0 Å². The predicted molar refractivity (Wildman–Crippen MR) is 39.1 cm³/mol. The van der Waals surface area contributed by atoms with Crippen LogP contribution in [0.1, 0.15) is 10.4 Å². The van der Waals surface area contributed by atoms with Gasteiger partial charge in [-0.3, -0.25) is 0 Å². The number of carbonyl (C=O) groups is 1. The molecule has 4 N–H and O–H groups in total. The molecule has 0 spiro atoms. The summed E-state index contributed by atoms with van der Waals surface area (Å²) in [5, 5.41) is 35.0. The molecule has 0 atom stereocenters. The molecule has 1 aromatic rings. The zero-order valence-electron chi connectivity index (χ0n) is 6.64. The van der Waals surface area contributed by atoms with E-state index in [4.69, 9.17) is 24.3 Å². The zero-order chi connectivity index (χ0) is 11.3. The average Bonchev–Trinajstić information content (AvgIpc) is 2.16. The van der Waals surface area contributed by atoms with Gasteiger partial charge in [-0.05, 0) is 12.1 Å². The summed E-state index contributed by atoms with van der Waals surface area (Å²) in [4.78, 5) is 10.3. The molecule has 0 unspecified atom stereocenters. The number of carboxylic acid groups (broad SMARTS) is 1. The van der Waals surface area contributed by atoms with Crippen LogP contribution in [0.3, 0.4) is 0 Å². The molecule has 0 amide bonds. The summed E-state index contributed by atoms with van der Waals surface area (Å²) in [5.74, 6) is -3.33. The monoisotopic (exact) mass is 241 g/mol. The van der Waals surface area contributed by atoms with Gasteiger partial charge in [0.15, 0.2) is 17.2 Å². The van der Waals surface area contributed by atoms with Gasteiger partial charge in [0.1, 0.15) is 0 Å². The third-order valence-corrected chi connectivity index (χ3v) is 1.32. The summed E-state index contributed by atoms with van der Waals surface area (Å²) in [5.41, 5.74) is -0.289. The van der Waals surface area contributed by atoms with Crippen molar-refractivity contribution in [2.24, 2.45) is 0 Å². The molecule has 77 valence electrons. The van der Waals surface area contributed by atoms with E-state index in [9.17, 15) is 4.79 Å². The van der Waals surface area contributed by atoms with Crippen LogP contribution >= 0.6 is 0 Å². The second kappa shape index (κ2) is 5.21. The Morgan fingerprint density at radius 3 is 1.71 bits per heavy atom. The van der Waals surface area contributed by atoms with Gasteiger partial charge in [-0.25, -0.2) is 4.79 Å². The standard InChI is InChI=1S/C7H6O5.Mn.O/c8-4-1-3(7(11)12)2-5(9)6(4)10;;/h1-2,8-10H,(H,11,12);;. The van der Waals surface area contributed by atoms with Crippen LogP contribution in [0.5, 0.6) is 17.2 Å². The van der Waals surface area contributed by atoms with Gasteiger partial charge in [-0.2, -0.15) is 0 Å². The number of hydrogen-bond donors (Lipinski definition) is 4. The Morgan fingerprint density at radius 2 is 1.43 bits per heavy atom. The Hall–Kier alpha value is -1.59. The van der Waals surface area contributed by atoms with E-state index in [0.29, 0.717) is 0 Å². The summed E-state index contributed by atoms with van der Waals surface area (Å²) >= 11 is 1.69. The Morgan fingerprint density at radius 1 is 1.07 bits per heavy atom. The number of benzene rings is 1. The number of hydrogen-bond acceptors (Lipinski definition) is 5. The molecule has 14 heavy (non-hydrogen) atoms. The van der Waals surface area contributed by atoms with Crippen LogP contribution < -0.4 is 0 Å². The molecule has 1 rings (SSSR count). The van der Waals surface area contributed by atoms with Crippen molar-refractivity contribution in [1.82, 2.24) is 0 Å². The fourth-order valence-electron chi connectivity index (χ4n) is 0.728. The van der Waals surface area contributed by atoms with Crippen LogP contribution in [0.25, 0.3) is 0 Å². The van der Waals surface area contributed by atoms with Gasteiger partial charge in [-0.15, -0.1) is 0 Å². The number of aromatic carboxylic acids is 1. The number of aromatic hydroxyl groups is 3. The van der Waals surface area contributed by atoms with E-state index in [1.807, 2.05) is 0 Å². The first kappa shape index (κ1) is 12.4. The van der Waals surface area contributed by atoms with Crippen molar-refractivity contribution in [2.75, 3.05) is 0 Å². The fraction of sp³-hybridized carbons (Fsp3) is 0. The molecule has 0 aromatic heterocycles. The van der Waals surface area contributed by atoms with Gasteiger partial charge in [-0.1, -0.05) is 0 Å². The van der Waals surface area contributed by atoms with Crippen molar-refractivity contribution in [1.29, 1.82) is 0 Å². The number of phenols is 3. The zero-order valence-corrected chi connectivity index (χ0v) is 7.82. The Labute approximate surface area is 86.4 Å². The van der Waals surface area contributed by atoms with Crippen molar-refractivity contribution in [3.8, 4) is 17.2 Å². The maximum atomic E-state index is 10.3. The predicted octanol–water partition coefficient (Wildman–Crippen LogP) is 0.380. The van der Waals surface area contributed by atoms with E-state index >= 15 is 0 Å². The number of carboxylic acids is 1. The van der Waals surface area contributed by atoms with Crippen molar-refractivity contribution in [3.05, 3.63) is 17.7 Å². The summed E-state index contributed by atoms with van der Waals surface area (Å²) in [6.07, 6.45) is 0. The third kappa shape index (κ3) is 2.72. The second-order valence-electron chi connectivity index (χ2n) is 2.17. The molecule has 0 aliphatic rings. The molecule has 0 radical (unpaired) electrons. The molecule has 0 aliphatic heterocycles. The van der Waals surface area contributed by atoms with Crippen LogP contribution in [-0.2, 0) is 19.8 Å². The van der Waals surface area contributed by atoms with Gasteiger partial charge in [0.2, 0.25) is 0 Å². The van der Waals surface area contributed by atoms with E-state index in [2.05, 4.69) is 0 Å². The summed E-state index contributed by atoms with van der Waals surface area (Å²) < 4.78 is 8.06. The van der Waals surface area contributed by atoms with Gasteiger partial charge in [0.25, 0.3) is 0 Å². The number of rotatable bonds is 1. The first-order chi connectivity index (χ1) is 6.52. The fourth-order valence-corrected chi connectivity index (χ4v) is 0.728. The molecular weight excluding hydrogens is 235 g/mol. The third-order valence-electron chi connectivity index (χ3n) is 1.32. The van der Waals surface area contributed by atoms with E-state index in [0.717, 1.165) is 12.1 Å². The molecule has 7 heteroatoms. The van der Waals surface area contributed by atoms with Crippen LogP contribution in [-0.4, -0.2) is 26.4 Å². The minimum atomic E-state index is -1.29. The Kier molecular flexibility index (Phi) is 4.62. The topological polar surface area (TPSA) is 115 Å². The van der Waals surface area contributed by atoms with Crippen molar-refractivity contribution in [3.63, 3.8) is 0 Å². The van der Waals surface area contributed by atoms with Crippen molar-refractivity contribution >= 4 is 5.97 Å². The molecule has 0 fully saturated rings. The molecule has 0 heterocycles. The molecule has 1 aromatic carbocycles. The van der Waals surface area contributed by atoms with Gasteiger partial charge in [0.05, 0.1) is 5.56 Å². The normalized spacial score (nSPS) is 8.57. The van der Waals surface area contributed by atoms with E-state index in [-0.39, 0.29) is 5.56 Å².